The molecular formula is C27H26N6O3S. The molecule has 188 valence electrons. The standard InChI is InChI=1S/C27H26N6O3S/c1-19-25(26(34)32(30(19)2)22-11-7-4-8-12-22)29-27-31(28-17-20-9-5-3-6-10-20)24(18-37-27)21-13-15-23(16-14-21)33(35)36/h3-5,7-8,11-18,20H,6,9-10H2,1-2H3. The van der Waals surface area contributed by atoms with Crippen LogP contribution in [0.2, 0.25) is 0 Å². The van der Waals surface area contributed by atoms with Gasteiger partial charge in [0.1, 0.15) is 0 Å². The van der Waals surface area contributed by atoms with E-state index >= 15 is 0 Å². The number of non-ortho nitro benzene ring substituents is 1. The lowest BCUT2D eigenvalue weighted by Crippen LogP contribution is -2.20. The molecule has 0 aliphatic heterocycles. The number of thiazole rings is 1. The number of para-hydroxylation sites is 1. The Morgan fingerprint density at radius 3 is 2.54 bits per heavy atom. The molecule has 1 atom stereocenters. The molecule has 0 spiro atoms. The van der Waals surface area contributed by atoms with Crippen LogP contribution >= 0.6 is 11.3 Å². The highest BCUT2D eigenvalue weighted by Crippen LogP contribution is 2.24. The first kappa shape index (κ1) is 24.4. The fourth-order valence-corrected chi connectivity index (χ4v) is 5.18. The van der Waals surface area contributed by atoms with Crippen LogP contribution in [0, 0.1) is 23.0 Å². The number of rotatable bonds is 6. The van der Waals surface area contributed by atoms with Crippen molar-refractivity contribution in [2.75, 3.05) is 0 Å². The first-order chi connectivity index (χ1) is 17.9. The summed E-state index contributed by atoms with van der Waals surface area (Å²) in [6.07, 6.45) is 9.24. The normalized spacial score (nSPS) is 16.1. The van der Waals surface area contributed by atoms with Crippen LogP contribution in [-0.4, -0.2) is 25.2 Å². The van der Waals surface area contributed by atoms with E-state index in [-0.39, 0.29) is 11.2 Å². The van der Waals surface area contributed by atoms with E-state index in [1.807, 2.05) is 55.9 Å². The second-order valence-electron chi connectivity index (χ2n) is 8.85. The van der Waals surface area contributed by atoms with E-state index in [9.17, 15) is 14.9 Å². The highest BCUT2D eigenvalue weighted by molar-refractivity contribution is 7.07. The van der Waals surface area contributed by atoms with Gasteiger partial charge in [-0.25, -0.2) is 14.4 Å². The van der Waals surface area contributed by atoms with Crippen molar-refractivity contribution in [1.29, 1.82) is 0 Å². The van der Waals surface area contributed by atoms with Crippen LogP contribution in [0.5, 0.6) is 0 Å². The van der Waals surface area contributed by atoms with Crippen molar-refractivity contribution < 1.29 is 4.92 Å². The molecule has 5 rings (SSSR count). The van der Waals surface area contributed by atoms with Crippen molar-refractivity contribution in [3.63, 3.8) is 0 Å². The maximum atomic E-state index is 13.4. The molecule has 9 nitrogen and oxygen atoms in total. The van der Waals surface area contributed by atoms with Crippen LogP contribution in [-0.2, 0) is 7.05 Å². The van der Waals surface area contributed by atoms with Gasteiger partial charge in [0.25, 0.3) is 11.2 Å². The Hall–Kier alpha value is -4.31. The molecule has 1 aliphatic rings. The highest BCUT2D eigenvalue weighted by Gasteiger charge is 2.17. The van der Waals surface area contributed by atoms with Gasteiger partial charge in [-0.1, -0.05) is 30.4 Å². The lowest BCUT2D eigenvalue weighted by atomic mass is 9.96. The van der Waals surface area contributed by atoms with E-state index in [1.165, 1.54) is 23.5 Å². The van der Waals surface area contributed by atoms with Crippen LogP contribution in [0.3, 0.4) is 0 Å². The predicted octanol–water partition coefficient (Wildman–Crippen LogP) is 5.35. The second kappa shape index (κ2) is 10.4. The summed E-state index contributed by atoms with van der Waals surface area (Å²) < 4.78 is 5.12. The van der Waals surface area contributed by atoms with Gasteiger partial charge >= 0.3 is 0 Å². The van der Waals surface area contributed by atoms with Gasteiger partial charge in [0.2, 0.25) is 4.80 Å². The summed E-state index contributed by atoms with van der Waals surface area (Å²) in [5, 5.41) is 17.8. The molecule has 0 saturated heterocycles. The largest absolute Gasteiger partial charge is 0.297 e. The Morgan fingerprint density at radius 2 is 1.86 bits per heavy atom. The molecule has 10 heteroatoms. The predicted molar refractivity (Wildman–Crippen MR) is 146 cm³/mol. The fourth-order valence-electron chi connectivity index (χ4n) is 4.33. The van der Waals surface area contributed by atoms with Crippen molar-refractivity contribution in [1.82, 2.24) is 14.0 Å². The van der Waals surface area contributed by atoms with Gasteiger partial charge in [0, 0.05) is 36.3 Å². The molecule has 0 amide bonds. The molecule has 0 radical (unpaired) electrons. The summed E-state index contributed by atoms with van der Waals surface area (Å²) in [6, 6.07) is 15.8. The minimum atomic E-state index is -0.420. The average molecular weight is 515 g/mol. The maximum absolute atomic E-state index is 13.4. The number of nitrogens with zero attached hydrogens (tertiary/aromatic N) is 6. The minimum absolute atomic E-state index is 0.0225. The molecule has 2 heterocycles. The maximum Gasteiger partial charge on any atom is 0.297 e. The third kappa shape index (κ3) is 4.88. The number of hydrogen-bond acceptors (Lipinski definition) is 6. The molecule has 2 aromatic carbocycles. The third-order valence-electron chi connectivity index (χ3n) is 6.49. The van der Waals surface area contributed by atoms with Crippen LogP contribution in [0.4, 0.5) is 11.4 Å². The van der Waals surface area contributed by atoms with Crippen molar-refractivity contribution in [2.45, 2.75) is 26.2 Å². The van der Waals surface area contributed by atoms with Crippen LogP contribution in [0.1, 0.15) is 25.0 Å². The van der Waals surface area contributed by atoms with Gasteiger partial charge < -0.3 is 0 Å². The van der Waals surface area contributed by atoms with E-state index in [0.717, 1.165) is 41.9 Å². The van der Waals surface area contributed by atoms with Crippen molar-refractivity contribution in [3.8, 4) is 16.9 Å². The Balaban J connectivity index is 1.65. The quantitative estimate of drug-likeness (QED) is 0.150. The summed E-state index contributed by atoms with van der Waals surface area (Å²) in [7, 11) is 1.84. The SMILES string of the molecule is Cc1c(N=c2scc(-c3ccc([N+](=O)[O-])cc3)n2N=CC2CC=CCC2)c(=O)n(-c2ccccc2)n1C. The van der Waals surface area contributed by atoms with Gasteiger partial charge in [0.15, 0.2) is 5.69 Å². The number of allylic oxidation sites excluding steroid dienone is 2. The molecular weight excluding hydrogens is 488 g/mol. The molecule has 0 saturated carbocycles. The van der Waals surface area contributed by atoms with Gasteiger partial charge in [-0.15, -0.1) is 11.3 Å². The zero-order chi connectivity index (χ0) is 25.9. The summed E-state index contributed by atoms with van der Waals surface area (Å²) in [5.74, 6) is 0.309. The molecule has 4 aromatic rings. The Labute approximate surface area is 217 Å². The fraction of sp³-hybridized carbons (Fsp3) is 0.222. The van der Waals surface area contributed by atoms with Crippen molar-refractivity contribution in [2.24, 2.45) is 23.1 Å². The first-order valence-electron chi connectivity index (χ1n) is 12.0. The first-order valence-corrected chi connectivity index (χ1v) is 12.9. The number of aromatic nitrogens is 3. The lowest BCUT2D eigenvalue weighted by molar-refractivity contribution is -0.384. The van der Waals surface area contributed by atoms with Gasteiger partial charge in [-0.05, 0) is 56.4 Å². The van der Waals surface area contributed by atoms with E-state index in [4.69, 9.17) is 10.1 Å². The molecule has 0 bridgehead atoms. The van der Waals surface area contributed by atoms with E-state index in [1.54, 1.807) is 26.2 Å². The third-order valence-corrected chi connectivity index (χ3v) is 7.31. The average Bonchev–Trinajstić information content (AvgIpc) is 3.42. The van der Waals surface area contributed by atoms with Crippen LogP contribution in [0.25, 0.3) is 16.9 Å². The minimum Gasteiger partial charge on any atom is -0.283 e. The number of nitro benzene ring substituents is 1. The Morgan fingerprint density at radius 1 is 1.11 bits per heavy atom. The molecule has 0 fully saturated rings. The second-order valence-corrected chi connectivity index (χ2v) is 9.69. The summed E-state index contributed by atoms with van der Waals surface area (Å²) in [6.45, 7) is 1.87. The van der Waals surface area contributed by atoms with E-state index in [0.29, 0.717) is 16.4 Å². The van der Waals surface area contributed by atoms with Gasteiger partial charge in [-0.2, -0.15) is 5.10 Å². The van der Waals surface area contributed by atoms with Crippen molar-refractivity contribution >= 4 is 28.9 Å². The summed E-state index contributed by atoms with van der Waals surface area (Å²) in [5.41, 5.74) is 3.15. The Kier molecular flexibility index (Phi) is 6.82. The smallest absolute Gasteiger partial charge is 0.283 e. The van der Waals surface area contributed by atoms with Crippen molar-refractivity contribution in [3.05, 3.63) is 103 Å². The number of nitro groups is 1. The Bertz CT molecular complexity index is 1620. The van der Waals surface area contributed by atoms with Gasteiger partial charge in [0.05, 0.1) is 22.0 Å². The molecule has 1 aliphatic carbocycles. The number of benzene rings is 2. The molecule has 2 aromatic heterocycles. The monoisotopic (exact) mass is 514 g/mol. The van der Waals surface area contributed by atoms with Crippen LogP contribution < -0.4 is 10.4 Å². The number of hydrogen-bond donors (Lipinski definition) is 0. The van der Waals surface area contributed by atoms with Gasteiger partial charge in [-0.3, -0.25) is 19.6 Å². The van der Waals surface area contributed by atoms with Crippen LogP contribution in [0.15, 0.2) is 87.0 Å². The summed E-state index contributed by atoms with van der Waals surface area (Å²) >= 11 is 1.37. The lowest BCUT2D eigenvalue weighted by Gasteiger charge is -2.12. The highest BCUT2D eigenvalue weighted by atomic mass is 32.1. The molecule has 1 unspecified atom stereocenters. The topological polar surface area (TPSA) is 99.7 Å². The summed E-state index contributed by atoms with van der Waals surface area (Å²) in [4.78, 5) is 29.5. The van der Waals surface area contributed by atoms with E-state index in [2.05, 4.69) is 12.2 Å². The zero-order valence-corrected chi connectivity index (χ0v) is 21.3. The van der Waals surface area contributed by atoms with E-state index < -0.39 is 4.92 Å². The molecule has 0 N–H and O–H groups in total. The zero-order valence-electron chi connectivity index (χ0n) is 20.5. The molecule has 37 heavy (non-hydrogen) atoms.